The molecule has 1 unspecified atom stereocenters. The first-order valence-electron chi connectivity index (χ1n) is 5.40. The van der Waals surface area contributed by atoms with Gasteiger partial charge in [0.1, 0.15) is 15.6 Å². The number of ether oxygens (including phenoxy) is 1. The van der Waals surface area contributed by atoms with Gasteiger partial charge >= 0.3 is 0 Å². The molecule has 1 aromatic carbocycles. The van der Waals surface area contributed by atoms with Gasteiger partial charge in [0, 0.05) is 24.1 Å². The third kappa shape index (κ3) is 4.65. The van der Waals surface area contributed by atoms with Crippen molar-refractivity contribution in [2.75, 3.05) is 24.4 Å². The number of hydrogen-bond donors (Lipinski definition) is 1. The third-order valence-corrected chi connectivity index (χ3v) is 3.50. The minimum Gasteiger partial charge on any atom is -0.497 e. The fraction of sp³-hybridized carbons (Fsp3) is 0.500. The molecule has 0 spiro atoms. The fourth-order valence-corrected chi connectivity index (χ4v) is 2.64. The largest absolute Gasteiger partial charge is 0.497 e. The number of nitrogens with one attached hydrogen (secondary N) is 1. The van der Waals surface area contributed by atoms with Crippen LogP contribution in [0.4, 0.5) is 5.69 Å². The lowest BCUT2D eigenvalue weighted by molar-refractivity contribution is 0.415. The number of sulfone groups is 1. The molecule has 0 amide bonds. The molecule has 0 saturated heterocycles. The third-order valence-electron chi connectivity index (χ3n) is 2.40. The van der Waals surface area contributed by atoms with Gasteiger partial charge in [0.2, 0.25) is 0 Å². The Labute approximate surface area is 103 Å². The molecular weight excluding hydrogens is 238 g/mol. The average molecular weight is 257 g/mol. The van der Waals surface area contributed by atoms with E-state index in [9.17, 15) is 8.42 Å². The highest BCUT2D eigenvalue weighted by Crippen LogP contribution is 2.22. The van der Waals surface area contributed by atoms with E-state index in [4.69, 9.17) is 4.74 Å². The molecule has 1 rings (SSSR count). The molecule has 0 heterocycles. The maximum absolute atomic E-state index is 11.2. The standard InChI is InChI=1S/C12H19NO3S/c1-9-5-6-11(16-3)7-12(9)13-10(2)8-17(4,14)15/h5-7,10,13H,8H2,1-4H3. The minimum atomic E-state index is -2.97. The van der Waals surface area contributed by atoms with Crippen LogP contribution in [0.2, 0.25) is 0 Å². The summed E-state index contributed by atoms with van der Waals surface area (Å²) >= 11 is 0. The summed E-state index contributed by atoms with van der Waals surface area (Å²) < 4.78 is 27.5. The molecule has 96 valence electrons. The topological polar surface area (TPSA) is 55.4 Å². The summed E-state index contributed by atoms with van der Waals surface area (Å²) in [5, 5.41) is 3.18. The highest BCUT2D eigenvalue weighted by atomic mass is 32.2. The first kappa shape index (κ1) is 13.8. The zero-order valence-electron chi connectivity index (χ0n) is 10.6. The van der Waals surface area contributed by atoms with Gasteiger partial charge in [0.05, 0.1) is 12.9 Å². The van der Waals surface area contributed by atoms with Crippen molar-refractivity contribution in [1.29, 1.82) is 0 Å². The lowest BCUT2D eigenvalue weighted by Gasteiger charge is -2.16. The number of methoxy groups -OCH3 is 1. The van der Waals surface area contributed by atoms with Gasteiger partial charge in [-0.3, -0.25) is 0 Å². The Kier molecular flexibility index (Phi) is 4.40. The van der Waals surface area contributed by atoms with Gasteiger partial charge in [-0.25, -0.2) is 8.42 Å². The number of rotatable bonds is 5. The molecule has 4 nitrogen and oxygen atoms in total. The van der Waals surface area contributed by atoms with Crippen molar-refractivity contribution in [2.24, 2.45) is 0 Å². The lowest BCUT2D eigenvalue weighted by Crippen LogP contribution is -2.25. The number of hydrogen-bond acceptors (Lipinski definition) is 4. The fourth-order valence-electron chi connectivity index (χ4n) is 1.64. The summed E-state index contributed by atoms with van der Waals surface area (Å²) in [5.74, 6) is 0.869. The Hall–Kier alpha value is -1.23. The number of benzene rings is 1. The van der Waals surface area contributed by atoms with E-state index in [2.05, 4.69) is 5.32 Å². The van der Waals surface area contributed by atoms with Crippen molar-refractivity contribution in [1.82, 2.24) is 0 Å². The van der Waals surface area contributed by atoms with Crippen LogP contribution in [0, 0.1) is 6.92 Å². The van der Waals surface area contributed by atoms with Crippen LogP contribution in [0.15, 0.2) is 18.2 Å². The Morgan fingerprint density at radius 1 is 1.41 bits per heavy atom. The summed E-state index contributed by atoms with van der Waals surface area (Å²) in [4.78, 5) is 0. The molecule has 1 N–H and O–H groups in total. The van der Waals surface area contributed by atoms with Crippen molar-refractivity contribution in [3.8, 4) is 5.75 Å². The highest BCUT2D eigenvalue weighted by Gasteiger charge is 2.11. The molecule has 0 aliphatic heterocycles. The molecule has 0 saturated carbocycles. The Balaban J connectivity index is 2.80. The van der Waals surface area contributed by atoms with E-state index in [-0.39, 0.29) is 11.8 Å². The highest BCUT2D eigenvalue weighted by molar-refractivity contribution is 7.90. The van der Waals surface area contributed by atoms with Gasteiger partial charge in [-0.05, 0) is 25.5 Å². The number of anilines is 1. The van der Waals surface area contributed by atoms with Crippen molar-refractivity contribution >= 4 is 15.5 Å². The Morgan fingerprint density at radius 2 is 2.06 bits per heavy atom. The first-order valence-corrected chi connectivity index (χ1v) is 7.47. The van der Waals surface area contributed by atoms with Crippen LogP contribution in [0.1, 0.15) is 12.5 Å². The first-order chi connectivity index (χ1) is 7.81. The maximum Gasteiger partial charge on any atom is 0.149 e. The molecule has 0 aliphatic rings. The second-order valence-electron chi connectivity index (χ2n) is 4.32. The monoisotopic (exact) mass is 257 g/mol. The predicted molar refractivity (Wildman–Crippen MR) is 70.5 cm³/mol. The van der Waals surface area contributed by atoms with E-state index < -0.39 is 9.84 Å². The lowest BCUT2D eigenvalue weighted by atomic mass is 10.2. The second kappa shape index (κ2) is 5.40. The van der Waals surface area contributed by atoms with E-state index in [0.717, 1.165) is 17.0 Å². The molecule has 0 bridgehead atoms. The van der Waals surface area contributed by atoms with Crippen LogP contribution < -0.4 is 10.1 Å². The SMILES string of the molecule is COc1ccc(C)c(NC(C)CS(C)(=O)=O)c1. The van der Waals surface area contributed by atoms with Gasteiger partial charge in [-0.1, -0.05) is 6.07 Å². The van der Waals surface area contributed by atoms with E-state index in [1.165, 1.54) is 6.26 Å². The summed E-state index contributed by atoms with van der Waals surface area (Å²) in [6.45, 7) is 3.81. The zero-order valence-corrected chi connectivity index (χ0v) is 11.5. The van der Waals surface area contributed by atoms with Crippen molar-refractivity contribution in [3.05, 3.63) is 23.8 Å². The summed E-state index contributed by atoms with van der Waals surface area (Å²) in [5.41, 5.74) is 1.96. The van der Waals surface area contributed by atoms with Crippen molar-refractivity contribution in [3.63, 3.8) is 0 Å². The second-order valence-corrected chi connectivity index (χ2v) is 6.50. The van der Waals surface area contributed by atoms with Crippen molar-refractivity contribution in [2.45, 2.75) is 19.9 Å². The van der Waals surface area contributed by atoms with Crippen LogP contribution in [0.25, 0.3) is 0 Å². The summed E-state index contributed by atoms with van der Waals surface area (Å²) in [6.07, 6.45) is 1.24. The van der Waals surface area contributed by atoms with Crippen LogP contribution in [-0.4, -0.2) is 33.6 Å². The van der Waals surface area contributed by atoms with Gasteiger partial charge in [-0.2, -0.15) is 0 Å². The van der Waals surface area contributed by atoms with Crippen LogP contribution in [0.5, 0.6) is 5.75 Å². The molecule has 0 aromatic heterocycles. The van der Waals surface area contributed by atoms with Gasteiger partial charge in [0.15, 0.2) is 0 Å². The van der Waals surface area contributed by atoms with Crippen molar-refractivity contribution < 1.29 is 13.2 Å². The maximum atomic E-state index is 11.2. The molecule has 5 heteroatoms. The molecule has 17 heavy (non-hydrogen) atoms. The van der Waals surface area contributed by atoms with E-state index in [0.29, 0.717) is 0 Å². The minimum absolute atomic E-state index is 0.115. The molecule has 0 radical (unpaired) electrons. The van der Waals surface area contributed by atoms with E-state index in [1.807, 2.05) is 32.0 Å². The molecule has 1 aromatic rings. The average Bonchev–Trinajstić information content (AvgIpc) is 2.18. The van der Waals surface area contributed by atoms with E-state index in [1.54, 1.807) is 7.11 Å². The van der Waals surface area contributed by atoms with Gasteiger partial charge < -0.3 is 10.1 Å². The van der Waals surface area contributed by atoms with Gasteiger partial charge in [0.25, 0.3) is 0 Å². The normalized spacial score (nSPS) is 13.2. The summed E-state index contributed by atoms with van der Waals surface area (Å²) in [6, 6.07) is 5.56. The Bertz CT molecular complexity index is 483. The Morgan fingerprint density at radius 3 is 2.59 bits per heavy atom. The molecule has 0 aliphatic carbocycles. The quantitative estimate of drug-likeness (QED) is 0.874. The van der Waals surface area contributed by atoms with E-state index >= 15 is 0 Å². The zero-order chi connectivity index (χ0) is 13.1. The molecule has 0 fully saturated rings. The number of aryl methyl sites for hydroxylation is 1. The van der Waals surface area contributed by atoms with Crippen LogP contribution >= 0.6 is 0 Å². The molecular formula is C12H19NO3S. The van der Waals surface area contributed by atoms with Crippen LogP contribution in [0.3, 0.4) is 0 Å². The van der Waals surface area contributed by atoms with Gasteiger partial charge in [-0.15, -0.1) is 0 Å². The predicted octanol–water partition coefficient (Wildman–Crippen LogP) is 1.85. The molecule has 1 atom stereocenters. The van der Waals surface area contributed by atoms with Crippen LogP contribution in [-0.2, 0) is 9.84 Å². The summed E-state index contributed by atoms with van der Waals surface area (Å²) in [7, 11) is -1.36. The smallest absolute Gasteiger partial charge is 0.149 e.